The zero-order valence-electron chi connectivity index (χ0n) is 18.3. The molecule has 0 saturated carbocycles. The van der Waals surface area contributed by atoms with Crippen molar-refractivity contribution >= 4 is 41.3 Å². The van der Waals surface area contributed by atoms with E-state index in [1.807, 2.05) is 24.3 Å². The number of para-hydroxylation sites is 1. The number of fused-ring (bicyclic) bond motifs is 1. The predicted molar refractivity (Wildman–Crippen MR) is 125 cm³/mol. The van der Waals surface area contributed by atoms with Gasteiger partial charge in [0, 0.05) is 4.90 Å². The zero-order valence-corrected chi connectivity index (χ0v) is 19.1. The molecule has 2 aromatic rings. The molecule has 9 nitrogen and oxygen atoms in total. The summed E-state index contributed by atoms with van der Waals surface area (Å²) < 4.78 is 10.6. The van der Waals surface area contributed by atoms with Gasteiger partial charge in [0.05, 0.1) is 41.3 Å². The third-order valence-corrected chi connectivity index (χ3v) is 6.49. The van der Waals surface area contributed by atoms with Crippen molar-refractivity contribution in [3.8, 4) is 0 Å². The van der Waals surface area contributed by atoms with Gasteiger partial charge in [-0.3, -0.25) is 9.59 Å². The van der Waals surface area contributed by atoms with E-state index in [9.17, 15) is 19.2 Å². The summed E-state index contributed by atoms with van der Waals surface area (Å²) in [5.41, 5.74) is 1.67. The van der Waals surface area contributed by atoms with Crippen molar-refractivity contribution in [2.24, 2.45) is 0 Å². The van der Waals surface area contributed by atoms with E-state index in [-0.39, 0.29) is 36.8 Å². The summed E-state index contributed by atoms with van der Waals surface area (Å²) in [5, 5.41) is 7.40. The van der Waals surface area contributed by atoms with Gasteiger partial charge in [0.15, 0.2) is 0 Å². The molecular weight excluding hydrogens is 458 g/mol. The molecule has 0 aromatic heterocycles. The van der Waals surface area contributed by atoms with Crippen molar-refractivity contribution in [1.29, 1.82) is 0 Å². The molecule has 2 atom stereocenters. The third-order valence-electron chi connectivity index (χ3n) is 5.22. The lowest BCUT2D eigenvalue weighted by molar-refractivity contribution is -0.144. The van der Waals surface area contributed by atoms with Crippen LogP contribution in [0.4, 0.5) is 10.5 Å². The van der Waals surface area contributed by atoms with E-state index in [1.165, 1.54) is 11.8 Å². The number of thioether (sulfide) groups is 1. The van der Waals surface area contributed by atoms with Crippen LogP contribution >= 0.6 is 11.8 Å². The van der Waals surface area contributed by atoms with E-state index >= 15 is 0 Å². The Morgan fingerprint density at radius 1 is 0.971 bits per heavy atom. The van der Waals surface area contributed by atoms with Crippen LogP contribution in [0.1, 0.15) is 24.9 Å². The number of rotatable bonds is 7. The summed E-state index contributed by atoms with van der Waals surface area (Å²) >= 11 is 1.29. The maximum Gasteiger partial charge on any atom is 0.338 e. The minimum Gasteiger partial charge on any atom is -0.463 e. The molecular formula is C24H23N3O6S. The summed E-state index contributed by atoms with van der Waals surface area (Å²) in [6.45, 7) is 1.47. The van der Waals surface area contributed by atoms with E-state index in [0.717, 1.165) is 4.90 Å². The maximum absolute atomic E-state index is 12.8. The number of ether oxygens (including phenoxy) is 2. The van der Waals surface area contributed by atoms with Crippen molar-refractivity contribution < 1.29 is 28.7 Å². The second-order valence-corrected chi connectivity index (χ2v) is 8.76. The Hall–Kier alpha value is -3.79. The van der Waals surface area contributed by atoms with Crippen LogP contribution in [0.2, 0.25) is 0 Å². The van der Waals surface area contributed by atoms with E-state index in [0.29, 0.717) is 11.3 Å². The highest BCUT2D eigenvalue weighted by atomic mass is 32.2. The summed E-state index contributed by atoms with van der Waals surface area (Å²) in [7, 11) is 0. The van der Waals surface area contributed by atoms with Crippen LogP contribution in [0.5, 0.6) is 0 Å². The molecule has 0 radical (unpaired) electrons. The number of carbonyl (C=O) groups is 4. The largest absolute Gasteiger partial charge is 0.463 e. The van der Waals surface area contributed by atoms with Crippen LogP contribution in [0.25, 0.3) is 0 Å². The summed E-state index contributed by atoms with van der Waals surface area (Å²) in [4.78, 5) is 50.9. The second kappa shape index (κ2) is 10.4. The van der Waals surface area contributed by atoms with Gasteiger partial charge in [0.2, 0.25) is 5.91 Å². The Kier molecular flexibility index (Phi) is 7.17. The van der Waals surface area contributed by atoms with Crippen molar-refractivity contribution in [2.75, 3.05) is 18.5 Å². The maximum atomic E-state index is 12.8. The first-order valence-corrected chi connectivity index (χ1v) is 11.6. The van der Waals surface area contributed by atoms with Crippen LogP contribution < -0.4 is 16.0 Å². The molecule has 0 bridgehead atoms. The molecule has 2 aliphatic heterocycles. The smallest absolute Gasteiger partial charge is 0.338 e. The molecule has 2 unspecified atom stereocenters. The molecule has 3 N–H and O–H groups in total. The standard InChI is InChI=1S/C24H23N3O6S/c1-2-32-23(30)20-16(26-24(31)27-21(20)14-8-4-3-5-9-14)13-33-19(28)12-18-22(29)25-15-10-6-7-11-17(15)34-18/h3-11,18,21H,2,12-13H2,1H3,(H,25,29)(H2,26,27,31). The lowest BCUT2D eigenvalue weighted by atomic mass is 9.95. The SMILES string of the molecule is CCOC(=O)C1=C(COC(=O)CC2Sc3ccccc3NC2=O)NC(=O)NC1c1ccccc1. The molecule has 2 aliphatic rings. The molecule has 10 heteroatoms. The Morgan fingerprint density at radius 3 is 2.47 bits per heavy atom. The van der Waals surface area contributed by atoms with Gasteiger partial charge in [-0.05, 0) is 24.6 Å². The number of carbonyl (C=O) groups excluding carboxylic acids is 4. The first kappa shape index (κ1) is 23.4. The Labute approximate surface area is 200 Å². The number of hydrogen-bond donors (Lipinski definition) is 3. The number of benzene rings is 2. The summed E-state index contributed by atoms with van der Waals surface area (Å²) in [5.74, 6) is -1.55. The highest BCUT2D eigenvalue weighted by Gasteiger charge is 2.35. The van der Waals surface area contributed by atoms with Gasteiger partial charge in [-0.1, -0.05) is 42.5 Å². The number of urea groups is 1. The molecule has 2 heterocycles. The molecule has 0 fully saturated rings. The molecule has 2 aromatic carbocycles. The average molecular weight is 482 g/mol. The Balaban J connectivity index is 1.50. The molecule has 0 aliphatic carbocycles. The highest BCUT2D eigenvalue weighted by Crippen LogP contribution is 2.36. The normalized spacial score (nSPS) is 19.3. The van der Waals surface area contributed by atoms with Gasteiger partial charge in [-0.25, -0.2) is 9.59 Å². The van der Waals surface area contributed by atoms with Gasteiger partial charge >= 0.3 is 18.0 Å². The predicted octanol–water partition coefficient (Wildman–Crippen LogP) is 2.90. The summed E-state index contributed by atoms with van der Waals surface area (Å²) in [6.07, 6.45) is -0.166. The Bertz CT molecular complexity index is 1150. The lowest BCUT2D eigenvalue weighted by Crippen LogP contribution is -2.47. The third kappa shape index (κ3) is 5.23. The first-order valence-electron chi connectivity index (χ1n) is 10.7. The van der Waals surface area contributed by atoms with Gasteiger partial charge < -0.3 is 25.4 Å². The number of anilines is 1. The fourth-order valence-corrected chi connectivity index (χ4v) is 4.76. The van der Waals surface area contributed by atoms with Crippen LogP contribution in [0, 0.1) is 0 Å². The van der Waals surface area contributed by atoms with E-state index in [2.05, 4.69) is 16.0 Å². The fraction of sp³-hybridized carbons (Fsp3) is 0.250. The quantitative estimate of drug-likeness (QED) is 0.520. The van der Waals surface area contributed by atoms with Crippen molar-refractivity contribution in [3.05, 3.63) is 71.4 Å². The highest BCUT2D eigenvalue weighted by molar-refractivity contribution is 8.01. The Morgan fingerprint density at radius 2 is 1.71 bits per heavy atom. The second-order valence-electron chi connectivity index (χ2n) is 7.51. The van der Waals surface area contributed by atoms with E-state index < -0.39 is 29.3 Å². The van der Waals surface area contributed by atoms with Crippen molar-refractivity contribution in [1.82, 2.24) is 10.6 Å². The number of amides is 3. The van der Waals surface area contributed by atoms with Crippen LogP contribution in [-0.2, 0) is 23.9 Å². The molecule has 4 rings (SSSR count). The van der Waals surface area contributed by atoms with Gasteiger partial charge in [0.1, 0.15) is 6.61 Å². The first-order chi connectivity index (χ1) is 16.5. The average Bonchev–Trinajstić information content (AvgIpc) is 2.83. The summed E-state index contributed by atoms with van der Waals surface area (Å²) in [6, 6.07) is 15.0. The molecule has 0 spiro atoms. The molecule has 3 amide bonds. The number of nitrogens with one attached hydrogen (secondary N) is 3. The van der Waals surface area contributed by atoms with Crippen LogP contribution in [-0.4, -0.2) is 42.3 Å². The van der Waals surface area contributed by atoms with Gasteiger partial charge in [0.25, 0.3) is 0 Å². The number of esters is 2. The van der Waals surface area contributed by atoms with Gasteiger partial charge in [-0.15, -0.1) is 11.8 Å². The van der Waals surface area contributed by atoms with E-state index in [4.69, 9.17) is 9.47 Å². The lowest BCUT2D eigenvalue weighted by Gasteiger charge is -2.29. The van der Waals surface area contributed by atoms with E-state index in [1.54, 1.807) is 37.3 Å². The topological polar surface area (TPSA) is 123 Å². The molecule has 176 valence electrons. The molecule has 34 heavy (non-hydrogen) atoms. The van der Waals surface area contributed by atoms with Crippen LogP contribution in [0.3, 0.4) is 0 Å². The molecule has 0 saturated heterocycles. The van der Waals surface area contributed by atoms with Crippen LogP contribution in [0.15, 0.2) is 70.8 Å². The van der Waals surface area contributed by atoms with Crippen molar-refractivity contribution in [2.45, 2.75) is 29.5 Å². The van der Waals surface area contributed by atoms with Crippen molar-refractivity contribution in [3.63, 3.8) is 0 Å². The number of hydrogen-bond acceptors (Lipinski definition) is 7. The minimum atomic E-state index is -0.765. The monoisotopic (exact) mass is 481 g/mol. The van der Waals surface area contributed by atoms with Gasteiger partial charge in [-0.2, -0.15) is 0 Å². The minimum absolute atomic E-state index is 0.135. The zero-order chi connectivity index (χ0) is 24.1. The fourth-order valence-electron chi connectivity index (χ4n) is 3.67.